The highest BCUT2D eigenvalue weighted by atomic mass is 35.5. The first kappa shape index (κ1) is 16.4. The van der Waals surface area contributed by atoms with Crippen LogP contribution in [0.15, 0.2) is 47.0 Å². The standard InChI is InChI=1S/C18H13ClFN2O2/c1-10-14(18(23)16(21)11-6-3-2-4-7-11)17(22-24-10)15-12(19)8-5-9-13(15)20/h3-9,16H,21H2,1H3. The number of hydrogen-bond donors (Lipinski definition) is 1. The van der Waals surface area contributed by atoms with Crippen molar-refractivity contribution in [2.75, 3.05) is 0 Å². The van der Waals surface area contributed by atoms with E-state index < -0.39 is 17.6 Å². The van der Waals surface area contributed by atoms with Gasteiger partial charge in [0.1, 0.15) is 17.3 Å². The Morgan fingerprint density at radius 1 is 1.33 bits per heavy atom. The zero-order chi connectivity index (χ0) is 17.3. The molecule has 6 heteroatoms. The van der Waals surface area contributed by atoms with E-state index in [0.717, 1.165) is 0 Å². The van der Waals surface area contributed by atoms with Crippen LogP contribution >= 0.6 is 11.6 Å². The molecule has 1 radical (unpaired) electrons. The monoisotopic (exact) mass is 343 g/mol. The van der Waals surface area contributed by atoms with Crippen LogP contribution in [0.1, 0.15) is 27.7 Å². The highest BCUT2D eigenvalue weighted by Crippen LogP contribution is 2.35. The molecule has 0 spiro atoms. The molecule has 1 atom stereocenters. The molecule has 4 nitrogen and oxygen atoms in total. The van der Waals surface area contributed by atoms with E-state index in [0.29, 0.717) is 5.56 Å². The first-order valence-electron chi connectivity index (χ1n) is 7.17. The quantitative estimate of drug-likeness (QED) is 0.723. The van der Waals surface area contributed by atoms with Gasteiger partial charge in [-0.25, -0.2) is 4.39 Å². The smallest absolute Gasteiger partial charge is 0.189 e. The minimum atomic E-state index is -0.929. The minimum Gasteiger partial charge on any atom is -0.360 e. The molecule has 0 fully saturated rings. The lowest BCUT2D eigenvalue weighted by atomic mass is 9.94. The van der Waals surface area contributed by atoms with Crippen LogP contribution in [-0.4, -0.2) is 10.9 Å². The fraction of sp³-hybridized carbons (Fsp3) is 0.111. The average molecular weight is 344 g/mol. The fourth-order valence-corrected chi connectivity index (χ4v) is 2.72. The number of hydrogen-bond acceptors (Lipinski definition) is 4. The minimum absolute atomic E-state index is 0.0213. The van der Waals surface area contributed by atoms with Crippen molar-refractivity contribution in [1.82, 2.24) is 5.16 Å². The number of Topliss-reactive ketones (excluding diaryl/α,β-unsaturated/α-hetero) is 1. The van der Waals surface area contributed by atoms with Gasteiger partial charge in [0, 0.05) is 0 Å². The maximum atomic E-state index is 14.2. The van der Waals surface area contributed by atoms with E-state index in [-0.39, 0.29) is 27.6 Å². The van der Waals surface area contributed by atoms with Crippen molar-refractivity contribution in [2.24, 2.45) is 5.73 Å². The highest BCUT2D eigenvalue weighted by Gasteiger charge is 2.29. The molecule has 0 aliphatic rings. The van der Waals surface area contributed by atoms with Gasteiger partial charge in [0.05, 0.1) is 22.2 Å². The second-order valence-electron chi connectivity index (χ2n) is 5.23. The Morgan fingerprint density at radius 2 is 2.04 bits per heavy atom. The lowest BCUT2D eigenvalue weighted by molar-refractivity contribution is 0.0960. The van der Waals surface area contributed by atoms with Crippen molar-refractivity contribution in [1.29, 1.82) is 0 Å². The molecule has 121 valence electrons. The Bertz CT molecular complexity index is 873. The molecule has 1 heterocycles. The number of benzene rings is 2. The number of halogens is 2. The van der Waals surface area contributed by atoms with Gasteiger partial charge in [0.25, 0.3) is 0 Å². The predicted molar refractivity (Wildman–Crippen MR) is 88.2 cm³/mol. The Hall–Kier alpha value is -2.50. The Labute approximate surface area is 143 Å². The van der Waals surface area contributed by atoms with Crippen LogP contribution in [0.3, 0.4) is 0 Å². The third-order valence-electron chi connectivity index (χ3n) is 3.69. The van der Waals surface area contributed by atoms with Gasteiger partial charge in [-0.3, -0.25) is 4.79 Å². The van der Waals surface area contributed by atoms with Gasteiger partial charge >= 0.3 is 0 Å². The second kappa shape index (κ2) is 6.55. The molecule has 0 saturated carbocycles. The molecule has 3 rings (SSSR count). The van der Waals surface area contributed by atoms with Crippen LogP contribution in [0.2, 0.25) is 5.02 Å². The number of aromatic nitrogens is 1. The van der Waals surface area contributed by atoms with E-state index in [2.05, 4.69) is 11.2 Å². The van der Waals surface area contributed by atoms with Crippen LogP contribution in [0.25, 0.3) is 11.3 Å². The van der Waals surface area contributed by atoms with Gasteiger partial charge in [-0.1, -0.05) is 47.1 Å². The molecule has 0 aliphatic heterocycles. The Balaban J connectivity index is 2.10. The van der Waals surface area contributed by atoms with Crippen LogP contribution in [0.5, 0.6) is 0 Å². The Morgan fingerprint density at radius 3 is 2.71 bits per heavy atom. The topological polar surface area (TPSA) is 69.1 Å². The van der Waals surface area contributed by atoms with Crippen molar-refractivity contribution < 1.29 is 13.7 Å². The van der Waals surface area contributed by atoms with Gasteiger partial charge < -0.3 is 10.3 Å². The van der Waals surface area contributed by atoms with Crippen molar-refractivity contribution in [2.45, 2.75) is 13.0 Å². The number of ketones is 1. The summed E-state index contributed by atoms with van der Waals surface area (Å²) in [5, 5.41) is 3.96. The number of aryl methyl sites for hydroxylation is 1. The summed E-state index contributed by atoms with van der Waals surface area (Å²) in [7, 11) is 0. The summed E-state index contributed by atoms with van der Waals surface area (Å²) in [6.45, 7) is 1.57. The van der Waals surface area contributed by atoms with Gasteiger partial charge in [-0.2, -0.15) is 0 Å². The lowest BCUT2D eigenvalue weighted by Crippen LogP contribution is -2.22. The van der Waals surface area contributed by atoms with Gasteiger partial charge in [-0.05, 0) is 30.7 Å². The third kappa shape index (κ3) is 2.84. The zero-order valence-electron chi connectivity index (χ0n) is 12.7. The van der Waals surface area contributed by atoms with E-state index in [4.69, 9.17) is 21.9 Å². The number of rotatable bonds is 4. The molecular weight excluding hydrogens is 331 g/mol. The van der Waals surface area contributed by atoms with E-state index in [1.54, 1.807) is 31.2 Å². The van der Waals surface area contributed by atoms with Gasteiger partial charge in [0.15, 0.2) is 5.78 Å². The largest absolute Gasteiger partial charge is 0.360 e. The molecule has 0 saturated heterocycles. The SMILES string of the molecule is Cc1onc(-c2c(F)cccc2Cl)c1C(=O)C(N)c1cc[c]cc1. The Kier molecular flexibility index (Phi) is 4.46. The highest BCUT2D eigenvalue weighted by molar-refractivity contribution is 6.33. The maximum absolute atomic E-state index is 14.2. The first-order chi connectivity index (χ1) is 11.5. The lowest BCUT2D eigenvalue weighted by Gasteiger charge is -2.11. The maximum Gasteiger partial charge on any atom is 0.189 e. The van der Waals surface area contributed by atoms with Crippen LogP contribution in [0.4, 0.5) is 4.39 Å². The summed E-state index contributed by atoms with van der Waals surface area (Å²) < 4.78 is 19.3. The van der Waals surface area contributed by atoms with Gasteiger partial charge in [0.2, 0.25) is 0 Å². The normalized spacial score (nSPS) is 12.2. The van der Waals surface area contributed by atoms with Crippen LogP contribution in [-0.2, 0) is 0 Å². The molecule has 2 N–H and O–H groups in total. The summed E-state index contributed by atoms with van der Waals surface area (Å²) in [6, 6.07) is 12.9. The first-order valence-corrected chi connectivity index (χ1v) is 7.55. The summed E-state index contributed by atoms with van der Waals surface area (Å²) in [5.41, 5.74) is 6.88. The predicted octanol–water partition coefficient (Wildman–Crippen LogP) is 4.13. The molecule has 0 aliphatic carbocycles. The molecule has 3 aromatic rings. The number of nitrogens with two attached hydrogens (primary N) is 1. The third-order valence-corrected chi connectivity index (χ3v) is 4.01. The molecular formula is C18H13ClFN2O2. The summed E-state index contributed by atoms with van der Waals surface area (Å²) >= 11 is 6.08. The molecule has 1 unspecified atom stereocenters. The summed E-state index contributed by atoms with van der Waals surface area (Å²) in [5.74, 6) is -0.755. The number of nitrogens with zero attached hydrogens (tertiary/aromatic N) is 1. The fourth-order valence-electron chi connectivity index (χ4n) is 2.47. The number of carbonyl (C=O) groups excluding carboxylic acids is 1. The summed E-state index contributed by atoms with van der Waals surface area (Å²) in [4.78, 5) is 12.8. The van der Waals surface area contributed by atoms with Gasteiger partial charge in [-0.15, -0.1) is 0 Å². The molecule has 1 aromatic heterocycles. The van der Waals surface area contributed by atoms with Crippen molar-refractivity contribution >= 4 is 17.4 Å². The van der Waals surface area contributed by atoms with E-state index >= 15 is 0 Å². The van der Waals surface area contributed by atoms with E-state index in [9.17, 15) is 9.18 Å². The molecule has 0 bridgehead atoms. The summed E-state index contributed by atoms with van der Waals surface area (Å²) in [6.07, 6.45) is 0. The van der Waals surface area contributed by atoms with E-state index in [1.165, 1.54) is 18.2 Å². The molecule has 24 heavy (non-hydrogen) atoms. The molecule has 0 amide bonds. The van der Waals surface area contributed by atoms with Crippen LogP contribution in [0, 0.1) is 18.8 Å². The van der Waals surface area contributed by atoms with E-state index in [1.807, 2.05) is 0 Å². The zero-order valence-corrected chi connectivity index (χ0v) is 13.5. The van der Waals surface area contributed by atoms with Crippen LogP contribution < -0.4 is 5.73 Å². The average Bonchev–Trinajstić information content (AvgIpc) is 2.95. The molecule has 2 aromatic carbocycles. The van der Waals surface area contributed by atoms with Crippen molar-refractivity contribution in [3.8, 4) is 11.3 Å². The second-order valence-corrected chi connectivity index (χ2v) is 5.64. The number of carbonyl (C=O) groups is 1. The van der Waals surface area contributed by atoms with Crippen molar-refractivity contribution in [3.63, 3.8) is 0 Å². The van der Waals surface area contributed by atoms with Crippen molar-refractivity contribution in [3.05, 3.63) is 76.3 Å².